The van der Waals surface area contributed by atoms with E-state index < -0.39 is 5.97 Å². The standard InChI is InChI=1S/C7H13O2.Li/c1-2-3-4-5-6-7(8)9;/h1-6H2,(H,8,9);/q;+1/p-1. The molecule has 0 amide bonds. The van der Waals surface area contributed by atoms with E-state index >= 15 is 0 Å². The van der Waals surface area contributed by atoms with Gasteiger partial charge in [-0.15, -0.1) is 0 Å². The molecule has 0 aliphatic heterocycles. The Morgan fingerprint density at radius 2 is 1.90 bits per heavy atom. The van der Waals surface area contributed by atoms with Crippen molar-refractivity contribution in [1.29, 1.82) is 0 Å². The Morgan fingerprint density at radius 3 is 2.30 bits per heavy atom. The summed E-state index contributed by atoms with van der Waals surface area (Å²) in [5.74, 6) is -0.945. The number of rotatable bonds is 5. The SMILES string of the molecule is [CH2]CCCCCC(=O)[O-].[Li+]. The first kappa shape index (κ1) is 12.7. The smallest absolute Gasteiger partial charge is 0.550 e. The molecule has 0 aromatic rings. The van der Waals surface area contributed by atoms with Crippen molar-refractivity contribution in [3.05, 3.63) is 6.92 Å². The van der Waals surface area contributed by atoms with Crippen molar-refractivity contribution >= 4 is 5.97 Å². The number of carbonyl (C=O) groups excluding carboxylic acids is 1. The average Bonchev–Trinajstić information content (AvgIpc) is 1.80. The van der Waals surface area contributed by atoms with Crippen LogP contribution in [0, 0.1) is 6.92 Å². The number of unbranched alkanes of at least 4 members (excludes halogenated alkanes) is 3. The van der Waals surface area contributed by atoms with Crippen LogP contribution in [0.5, 0.6) is 0 Å². The summed E-state index contributed by atoms with van der Waals surface area (Å²) in [6.45, 7) is 3.64. The number of carboxylic acids is 1. The molecule has 0 saturated heterocycles. The molecule has 3 heteroatoms. The van der Waals surface area contributed by atoms with Crippen LogP contribution in [0.4, 0.5) is 0 Å². The Labute approximate surface area is 74.2 Å². The van der Waals surface area contributed by atoms with Gasteiger partial charge in [0.15, 0.2) is 0 Å². The first-order valence-electron chi connectivity index (χ1n) is 3.26. The van der Waals surface area contributed by atoms with E-state index in [9.17, 15) is 9.90 Å². The molecule has 0 N–H and O–H groups in total. The van der Waals surface area contributed by atoms with Gasteiger partial charge >= 0.3 is 18.9 Å². The van der Waals surface area contributed by atoms with Crippen LogP contribution in [0.15, 0.2) is 0 Å². The second kappa shape index (κ2) is 9.07. The third-order valence-corrected chi connectivity index (χ3v) is 1.13. The van der Waals surface area contributed by atoms with Crippen molar-refractivity contribution in [3.8, 4) is 0 Å². The van der Waals surface area contributed by atoms with Crippen LogP contribution >= 0.6 is 0 Å². The molecule has 0 unspecified atom stereocenters. The molecule has 0 aromatic heterocycles. The Morgan fingerprint density at radius 1 is 1.30 bits per heavy atom. The topological polar surface area (TPSA) is 40.1 Å². The summed E-state index contributed by atoms with van der Waals surface area (Å²) >= 11 is 0. The van der Waals surface area contributed by atoms with Crippen molar-refractivity contribution in [2.45, 2.75) is 32.1 Å². The summed E-state index contributed by atoms with van der Waals surface area (Å²) in [5, 5.41) is 9.84. The van der Waals surface area contributed by atoms with E-state index in [1.54, 1.807) is 0 Å². The Hall–Kier alpha value is 0.0674. The molecule has 53 valence electrons. The predicted molar refractivity (Wildman–Crippen MR) is 33.4 cm³/mol. The molecular weight excluding hydrogens is 123 g/mol. The molecule has 10 heavy (non-hydrogen) atoms. The fourth-order valence-electron chi connectivity index (χ4n) is 0.623. The van der Waals surface area contributed by atoms with Gasteiger partial charge in [0.25, 0.3) is 0 Å². The zero-order valence-electron chi connectivity index (χ0n) is 6.56. The van der Waals surface area contributed by atoms with E-state index in [0.717, 1.165) is 25.7 Å². The predicted octanol–water partition coefficient (Wildman–Crippen LogP) is -2.48. The van der Waals surface area contributed by atoms with Crippen LogP contribution in [0.3, 0.4) is 0 Å². The van der Waals surface area contributed by atoms with Crippen molar-refractivity contribution in [2.24, 2.45) is 0 Å². The van der Waals surface area contributed by atoms with Gasteiger partial charge in [0.05, 0.1) is 0 Å². The van der Waals surface area contributed by atoms with E-state index in [4.69, 9.17) is 0 Å². The zero-order chi connectivity index (χ0) is 7.11. The van der Waals surface area contributed by atoms with Gasteiger partial charge in [0.1, 0.15) is 0 Å². The average molecular weight is 135 g/mol. The Balaban J connectivity index is 0. The fourth-order valence-corrected chi connectivity index (χ4v) is 0.623. The summed E-state index contributed by atoms with van der Waals surface area (Å²) in [5.41, 5.74) is 0. The third-order valence-electron chi connectivity index (χ3n) is 1.13. The maximum Gasteiger partial charge on any atom is 1.00 e. The molecule has 0 aliphatic rings. The summed E-state index contributed by atoms with van der Waals surface area (Å²) in [7, 11) is 0. The van der Waals surface area contributed by atoms with Crippen LogP contribution in [-0.4, -0.2) is 5.97 Å². The molecule has 2 nitrogen and oxygen atoms in total. The van der Waals surface area contributed by atoms with Gasteiger partial charge in [-0.25, -0.2) is 0 Å². The normalized spacial score (nSPS) is 8.50. The minimum Gasteiger partial charge on any atom is -0.550 e. The maximum absolute atomic E-state index is 9.84. The maximum atomic E-state index is 9.84. The first-order valence-corrected chi connectivity index (χ1v) is 3.26. The summed E-state index contributed by atoms with van der Waals surface area (Å²) in [6, 6.07) is 0. The Bertz CT molecular complexity index is 83.7. The molecular formula is C7H12LiO2. The molecule has 0 bridgehead atoms. The van der Waals surface area contributed by atoms with Crippen molar-refractivity contribution in [1.82, 2.24) is 0 Å². The quantitative estimate of drug-likeness (QED) is 0.309. The van der Waals surface area contributed by atoms with Crippen LogP contribution < -0.4 is 24.0 Å². The van der Waals surface area contributed by atoms with Gasteiger partial charge < -0.3 is 9.90 Å². The zero-order valence-corrected chi connectivity index (χ0v) is 6.56. The second-order valence-electron chi connectivity index (χ2n) is 2.04. The number of hydrogen-bond acceptors (Lipinski definition) is 2. The summed E-state index contributed by atoms with van der Waals surface area (Å²) < 4.78 is 0. The fraction of sp³-hybridized carbons (Fsp3) is 0.714. The molecule has 0 saturated carbocycles. The summed E-state index contributed by atoms with van der Waals surface area (Å²) in [6.07, 6.45) is 3.80. The van der Waals surface area contributed by atoms with Crippen molar-refractivity contribution < 1.29 is 28.8 Å². The monoisotopic (exact) mass is 135 g/mol. The Kier molecular flexibility index (Phi) is 11.5. The van der Waals surface area contributed by atoms with Gasteiger partial charge in [0, 0.05) is 5.97 Å². The van der Waals surface area contributed by atoms with Crippen molar-refractivity contribution in [2.75, 3.05) is 0 Å². The van der Waals surface area contributed by atoms with Gasteiger partial charge in [-0.1, -0.05) is 26.2 Å². The number of hydrogen-bond donors (Lipinski definition) is 0. The first-order chi connectivity index (χ1) is 4.27. The van der Waals surface area contributed by atoms with Crippen LogP contribution in [0.1, 0.15) is 32.1 Å². The van der Waals surface area contributed by atoms with Crippen molar-refractivity contribution in [3.63, 3.8) is 0 Å². The molecule has 0 rings (SSSR count). The molecule has 0 fully saturated rings. The van der Waals surface area contributed by atoms with Crippen LogP contribution in [-0.2, 0) is 4.79 Å². The van der Waals surface area contributed by atoms with E-state index in [-0.39, 0.29) is 25.3 Å². The number of carbonyl (C=O) groups is 1. The van der Waals surface area contributed by atoms with E-state index in [2.05, 4.69) is 6.92 Å². The molecule has 1 radical (unpaired) electrons. The van der Waals surface area contributed by atoms with Gasteiger partial charge in [-0.3, -0.25) is 0 Å². The van der Waals surface area contributed by atoms with Crippen LogP contribution in [0.25, 0.3) is 0 Å². The number of aliphatic carboxylic acids is 1. The minimum atomic E-state index is -0.945. The largest absolute Gasteiger partial charge is 1.00 e. The van der Waals surface area contributed by atoms with Gasteiger partial charge in [-0.05, 0) is 12.8 Å². The molecule has 0 heterocycles. The molecule has 0 aromatic carbocycles. The molecule has 0 atom stereocenters. The minimum absolute atomic E-state index is 0. The third kappa shape index (κ3) is 10.9. The van der Waals surface area contributed by atoms with E-state index in [0.29, 0.717) is 0 Å². The summed E-state index contributed by atoms with van der Waals surface area (Å²) in [4.78, 5) is 9.84. The van der Waals surface area contributed by atoms with Crippen LogP contribution in [0.2, 0.25) is 0 Å². The molecule has 0 aliphatic carbocycles. The second-order valence-corrected chi connectivity index (χ2v) is 2.04. The van der Waals surface area contributed by atoms with E-state index in [1.165, 1.54) is 0 Å². The van der Waals surface area contributed by atoms with Gasteiger partial charge in [0.2, 0.25) is 0 Å². The van der Waals surface area contributed by atoms with E-state index in [1.807, 2.05) is 0 Å². The van der Waals surface area contributed by atoms with Gasteiger partial charge in [-0.2, -0.15) is 0 Å². The molecule has 0 spiro atoms. The number of carboxylic acid groups (broad SMARTS) is 1.